The summed E-state index contributed by atoms with van der Waals surface area (Å²) in [6, 6.07) is 19.4. The number of nitrogens with zero attached hydrogens (tertiary/aromatic N) is 3. The molecule has 0 spiro atoms. The van der Waals surface area contributed by atoms with Crippen molar-refractivity contribution in [3.05, 3.63) is 105 Å². The number of amides is 1. The molecule has 2 fully saturated rings. The van der Waals surface area contributed by atoms with E-state index < -0.39 is 0 Å². The summed E-state index contributed by atoms with van der Waals surface area (Å²) in [7, 11) is 1.60. The van der Waals surface area contributed by atoms with Crippen molar-refractivity contribution in [3.63, 3.8) is 0 Å². The van der Waals surface area contributed by atoms with E-state index in [1.165, 1.54) is 0 Å². The monoisotopic (exact) mass is 698 g/mol. The molecule has 10 nitrogen and oxygen atoms in total. The van der Waals surface area contributed by atoms with Gasteiger partial charge in [0.2, 0.25) is 11.8 Å². The van der Waals surface area contributed by atoms with Crippen molar-refractivity contribution in [2.45, 2.75) is 44.5 Å². The fraction of sp³-hybridized carbons (Fsp3) is 0.297. The van der Waals surface area contributed by atoms with Gasteiger partial charge in [0.15, 0.2) is 0 Å². The number of nitrogens with one attached hydrogen (secondary N) is 3. The van der Waals surface area contributed by atoms with Gasteiger partial charge in [-0.05, 0) is 36.6 Å². The summed E-state index contributed by atoms with van der Waals surface area (Å²) in [5.74, 6) is 0.595. The number of carbonyl (C=O) groups is 1. The molecule has 5 heterocycles. The zero-order chi connectivity index (χ0) is 33.9. The number of rotatable bonds is 12. The van der Waals surface area contributed by atoms with Gasteiger partial charge in [0.25, 0.3) is 5.56 Å². The first-order valence-corrected chi connectivity index (χ1v) is 17.1. The number of carbonyl (C=O) groups excluding carboxylic acids is 1. The van der Waals surface area contributed by atoms with Gasteiger partial charge in [-0.1, -0.05) is 65.7 Å². The minimum absolute atomic E-state index is 0.0969. The Morgan fingerprint density at radius 3 is 2.35 bits per heavy atom. The molecule has 0 saturated carbocycles. The van der Waals surface area contributed by atoms with Crippen LogP contribution in [0.5, 0.6) is 5.88 Å². The van der Waals surface area contributed by atoms with Gasteiger partial charge < -0.3 is 25.4 Å². The van der Waals surface area contributed by atoms with Gasteiger partial charge in [-0.2, -0.15) is 0 Å². The van der Waals surface area contributed by atoms with Crippen LogP contribution in [0.15, 0.2) is 77.9 Å². The number of methoxy groups -OCH3 is 1. The Balaban J connectivity index is 1.12. The lowest BCUT2D eigenvalue weighted by Gasteiger charge is -2.26. The van der Waals surface area contributed by atoms with E-state index in [1.807, 2.05) is 60.7 Å². The van der Waals surface area contributed by atoms with Crippen molar-refractivity contribution in [2.24, 2.45) is 0 Å². The van der Waals surface area contributed by atoms with E-state index in [0.717, 1.165) is 52.8 Å². The largest absolute Gasteiger partial charge is 0.481 e. The third kappa shape index (κ3) is 7.06. The van der Waals surface area contributed by atoms with Gasteiger partial charge >= 0.3 is 0 Å². The molecular weight excluding hydrogens is 663 g/mol. The first-order valence-electron chi connectivity index (χ1n) is 16.3. The number of hydrogen-bond acceptors (Lipinski definition) is 8. The first kappa shape index (κ1) is 33.2. The van der Waals surface area contributed by atoms with Crippen LogP contribution in [0, 0.1) is 0 Å². The first-order chi connectivity index (χ1) is 23.9. The summed E-state index contributed by atoms with van der Waals surface area (Å²) < 4.78 is 12.6. The molecule has 5 aromatic rings. The van der Waals surface area contributed by atoms with Crippen molar-refractivity contribution in [1.29, 1.82) is 0 Å². The molecule has 0 unspecified atom stereocenters. The van der Waals surface area contributed by atoms with Crippen LogP contribution in [0.1, 0.15) is 30.4 Å². The Morgan fingerprint density at radius 1 is 0.918 bits per heavy atom. The lowest BCUT2D eigenvalue weighted by atomic mass is 9.97. The second kappa shape index (κ2) is 14.7. The number of ether oxygens (including phenoxy) is 2. The average Bonchev–Trinajstić information content (AvgIpc) is 3.51. The molecule has 2 saturated heterocycles. The lowest BCUT2D eigenvalue weighted by molar-refractivity contribution is -0.119. The van der Waals surface area contributed by atoms with Crippen LogP contribution >= 0.6 is 23.2 Å². The minimum atomic E-state index is -0.115. The molecule has 252 valence electrons. The Kier molecular flexibility index (Phi) is 9.93. The number of pyridine rings is 2. The summed E-state index contributed by atoms with van der Waals surface area (Å²) in [4.78, 5) is 34.0. The SMILES string of the molecule is COc1nc(-c2cccc(-c3cccc(-c4ccn5c(=O)c(CNC[C@@H]6CCO6)cnc5c4)c3Cl)c2Cl)ccc1CNC[C@H]1CCC(=O)N1. The summed E-state index contributed by atoms with van der Waals surface area (Å²) in [5, 5.41) is 10.7. The van der Waals surface area contributed by atoms with Crippen LogP contribution in [-0.4, -0.2) is 59.2 Å². The summed E-state index contributed by atoms with van der Waals surface area (Å²) in [6.45, 7) is 3.16. The number of fused-ring (bicyclic) bond motifs is 1. The zero-order valence-electron chi connectivity index (χ0n) is 27.0. The molecule has 0 radical (unpaired) electrons. The van der Waals surface area contributed by atoms with Crippen LogP contribution in [0.4, 0.5) is 0 Å². The smallest absolute Gasteiger partial charge is 0.262 e. The van der Waals surface area contributed by atoms with Gasteiger partial charge in [0, 0.05) is 91.0 Å². The molecule has 2 atom stereocenters. The van der Waals surface area contributed by atoms with Crippen LogP contribution in [0.3, 0.4) is 0 Å². The molecule has 2 aliphatic rings. The predicted molar refractivity (Wildman–Crippen MR) is 191 cm³/mol. The minimum Gasteiger partial charge on any atom is -0.481 e. The summed E-state index contributed by atoms with van der Waals surface area (Å²) in [5.41, 5.74) is 6.45. The van der Waals surface area contributed by atoms with Gasteiger partial charge in [0.1, 0.15) is 5.65 Å². The Morgan fingerprint density at radius 2 is 1.63 bits per heavy atom. The van der Waals surface area contributed by atoms with E-state index in [-0.39, 0.29) is 23.6 Å². The number of hydrogen-bond donors (Lipinski definition) is 3. The third-order valence-electron chi connectivity index (χ3n) is 9.06. The summed E-state index contributed by atoms with van der Waals surface area (Å²) >= 11 is 14.2. The van der Waals surface area contributed by atoms with Gasteiger partial charge in [-0.3, -0.25) is 14.0 Å². The highest BCUT2D eigenvalue weighted by Crippen LogP contribution is 2.42. The quantitative estimate of drug-likeness (QED) is 0.153. The Hall–Kier alpha value is -4.32. The summed E-state index contributed by atoms with van der Waals surface area (Å²) in [6.07, 6.45) is 6.02. The van der Waals surface area contributed by atoms with E-state index in [4.69, 9.17) is 37.7 Å². The molecule has 2 aliphatic heterocycles. The van der Waals surface area contributed by atoms with E-state index in [1.54, 1.807) is 23.9 Å². The van der Waals surface area contributed by atoms with E-state index >= 15 is 0 Å². The molecule has 2 aromatic carbocycles. The van der Waals surface area contributed by atoms with Gasteiger partial charge in [0.05, 0.1) is 29.0 Å². The third-order valence-corrected chi connectivity index (χ3v) is 9.87. The van der Waals surface area contributed by atoms with Crippen LogP contribution in [0.2, 0.25) is 10.0 Å². The predicted octanol–water partition coefficient (Wildman–Crippen LogP) is 5.65. The average molecular weight is 700 g/mol. The van der Waals surface area contributed by atoms with Crippen LogP contribution < -0.4 is 26.2 Å². The highest BCUT2D eigenvalue weighted by atomic mass is 35.5. The normalized spacial score (nSPS) is 17.2. The van der Waals surface area contributed by atoms with Crippen molar-refractivity contribution in [2.75, 3.05) is 26.8 Å². The van der Waals surface area contributed by atoms with Crippen molar-refractivity contribution in [1.82, 2.24) is 30.3 Å². The number of aromatic nitrogens is 3. The molecule has 3 aromatic heterocycles. The molecule has 1 amide bonds. The maximum absolute atomic E-state index is 13.2. The fourth-order valence-corrected chi connectivity index (χ4v) is 6.92. The van der Waals surface area contributed by atoms with Crippen molar-refractivity contribution < 1.29 is 14.3 Å². The van der Waals surface area contributed by atoms with Gasteiger partial charge in [-0.25, -0.2) is 9.97 Å². The maximum Gasteiger partial charge on any atom is 0.262 e. The highest BCUT2D eigenvalue weighted by molar-refractivity contribution is 6.39. The fourth-order valence-electron chi connectivity index (χ4n) is 6.26. The second-order valence-corrected chi connectivity index (χ2v) is 13.0. The van der Waals surface area contributed by atoms with E-state index in [2.05, 4.69) is 20.9 Å². The van der Waals surface area contributed by atoms with Gasteiger partial charge in [-0.15, -0.1) is 0 Å². The van der Waals surface area contributed by atoms with E-state index in [0.29, 0.717) is 65.4 Å². The van der Waals surface area contributed by atoms with Crippen LogP contribution in [0.25, 0.3) is 39.2 Å². The molecule has 0 aliphatic carbocycles. The zero-order valence-corrected chi connectivity index (χ0v) is 28.5. The highest BCUT2D eigenvalue weighted by Gasteiger charge is 2.21. The Labute approximate surface area is 293 Å². The maximum atomic E-state index is 13.2. The molecule has 0 bridgehead atoms. The number of benzene rings is 2. The van der Waals surface area contributed by atoms with Crippen LogP contribution in [-0.2, 0) is 22.6 Å². The molecule has 7 rings (SSSR count). The van der Waals surface area contributed by atoms with Crippen molar-refractivity contribution in [3.8, 4) is 39.4 Å². The molecule has 3 N–H and O–H groups in total. The number of halogens is 2. The Bertz CT molecular complexity index is 2080. The molecular formula is C37H36Cl2N6O4. The van der Waals surface area contributed by atoms with Crippen molar-refractivity contribution >= 4 is 34.8 Å². The lowest BCUT2D eigenvalue weighted by Crippen LogP contribution is -2.37. The van der Waals surface area contributed by atoms with E-state index in [9.17, 15) is 9.59 Å². The standard InChI is InChI=1S/C37H36Cl2N6O4/c1-48-36-23(17-40-20-25-9-11-33(46)43-25)8-10-31(44-36)30-7-3-6-29(35(30)39)28-5-2-4-27(34(28)38)22-12-14-45-32(16-22)42-19-24(37(45)47)18-41-21-26-13-15-49-26/h2-8,10,12,14,16,19,25-26,40-41H,9,11,13,15,17-18,20-21H2,1H3,(H,43,46)/t25-,26+/m1/s1. The molecule has 12 heteroatoms. The second-order valence-electron chi connectivity index (χ2n) is 12.3. The molecule has 49 heavy (non-hydrogen) atoms. The topological polar surface area (TPSA) is 119 Å².